The van der Waals surface area contributed by atoms with Gasteiger partial charge in [0.15, 0.2) is 17.4 Å². The summed E-state index contributed by atoms with van der Waals surface area (Å²) in [5.74, 6) is -3.95. The first-order valence-electron chi connectivity index (χ1n) is 9.76. The molecule has 0 aliphatic heterocycles. The second-order valence-electron chi connectivity index (χ2n) is 7.07. The minimum absolute atomic E-state index is 0.00539. The fourth-order valence-corrected chi connectivity index (χ4v) is 3.18. The first-order valence-corrected chi connectivity index (χ1v) is 9.76. The number of hydrogen-bond acceptors (Lipinski definition) is 5. The van der Waals surface area contributed by atoms with Gasteiger partial charge in [0.25, 0.3) is 0 Å². The highest BCUT2D eigenvalue weighted by molar-refractivity contribution is 5.89. The SMILES string of the molecule is N#Cc1cc(CNC(=O)Nc2cc(F)c(Oc3ccnc4[nH]cc(C(F)(F)F)c34)c(F)c2)ccn1. The molecule has 1 aromatic carbocycles. The summed E-state index contributed by atoms with van der Waals surface area (Å²) in [5, 5.41) is 13.0. The lowest BCUT2D eigenvalue weighted by atomic mass is 10.2. The molecule has 8 nitrogen and oxygen atoms in total. The lowest BCUT2D eigenvalue weighted by molar-refractivity contribution is -0.136. The van der Waals surface area contributed by atoms with Crippen molar-refractivity contribution in [3.63, 3.8) is 0 Å². The molecule has 0 atom stereocenters. The summed E-state index contributed by atoms with van der Waals surface area (Å²) in [6.45, 7) is 0.00539. The summed E-state index contributed by atoms with van der Waals surface area (Å²) in [4.78, 5) is 22.0. The van der Waals surface area contributed by atoms with Crippen molar-refractivity contribution < 1.29 is 31.5 Å². The van der Waals surface area contributed by atoms with Gasteiger partial charge in [-0.05, 0) is 23.8 Å². The standard InChI is InChI=1S/C22H13F5N6O2/c23-15-6-12(33-21(34)32-9-11-1-3-29-13(5-11)8-28)7-16(24)19(15)35-17-2-4-30-20-18(17)14(10-31-20)22(25,26)27/h1-7,10H,9H2,(H,30,31)(H2,32,33,34). The van der Waals surface area contributed by atoms with Gasteiger partial charge in [-0.1, -0.05) is 0 Å². The van der Waals surface area contributed by atoms with Gasteiger partial charge in [0.05, 0.1) is 10.9 Å². The monoisotopic (exact) mass is 488 g/mol. The Kier molecular flexibility index (Phi) is 6.20. The zero-order valence-electron chi connectivity index (χ0n) is 17.4. The molecule has 0 spiro atoms. The van der Waals surface area contributed by atoms with Crippen LogP contribution in [0.5, 0.6) is 11.5 Å². The number of carbonyl (C=O) groups excluding carboxylic acids is 1. The Morgan fingerprint density at radius 2 is 1.83 bits per heavy atom. The van der Waals surface area contributed by atoms with Crippen LogP contribution in [0.3, 0.4) is 0 Å². The van der Waals surface area contributed by atoms with Gasteiger partial charge in [-0.3, -0.25) is 0 Å². The van der Waals surface area contributed by atoms with Gasteiger partial charge < -0.3 is 20.4 Å². The van der Waals surface area contributed by atoms with E-state index in [1.165, 1.54) is 12.3 Å². The number of aromatic nitrogens is 3. The van der Waals surface area contributed by atoms with Crippen molar-refractivity contribution in [3.05, 3.63) is 77.4 Å². The number of anilines is 1. The van der Waals surface area contributed by atoms with E-state index in [9.17, 15) is 26.7 Å². The van der Waals surface area contributed by atoms with E-state index in [1.54, 1.807) is 6.07 Å². The van der Waals surface area contributed by atoms with Crippen LogP contribution >= 0.6 is 0 Å². The Hall–Kier alpha value is -4.73. The van der Waals surface area contributed by atoms with E-state index in [0.29, 0.717) is 11.8 Å². The Labute approximate surface area is 193 Å². The van der Waals surface area contributed by atoms with Gasteiger partial charge in [0, 0.05) is 43.0 Å². The first kappa shape index (κ1) is 23.4. The molecular formula is C22H13F5N6O2. The van der Waals surface area contributed by atoms with Crippen molar-refractivity contribution in [2.45, 2.75) is 12.7 Å². The highest BCUT2D eigenvalue weighted by Gasteiger charge is 2.35. The summed E-state index contributed by atoms with van der Waals surface area (Å²) >= 11 is 0. The zero-order valence-corrected chi connectivity index (χ0v) is 17.4. The average Bonchev–Trinajstić information content (AvgIpc) is 3.26. The van der Waals surface area contributed by atoms with Crippen LogP contribution < -0.4 is 15.4 Å². The number of rotatable bonds is 5. The molecule has 0 saturated heterocycles. The van der Waals surface area contributed by atoms with Crippen molar-refractivity contribution in [1.82, 2.24) is 20.3 Å². The van der Waals surface area contributed by atoms with E-state index >= 15 is 0 Å². The van der Waals surface area contributed by atoms with E-state index in [2.05, 4.69) is 25.6 Å². The second-order valence-corrected chi connectivity index (χ2v) is 7.07. The molecular weight excluding hydrogens is 475 g/mol. The second kappa shape index (κ2) is 9.26. The van der Waals surface area contributed by atoms with Gasteiger partial charge >= 0.3 is 12.2 Å². The number of amides is 2. The maximum absolute atomic E-state index is 14.6. The van der Waals surface area contributed by atoms with Crippen LogP contribution in [0.15, 0.2) is 48.9 Å². The van der Waals surface area contributed by atoms with Crippen molar-refractivity contribution in [2.24, 2.45) is 0 Å². The highest BCUT2D eigenvalue weighted by Crippen LogP contribution is 2.40. The largest absolute Gasteiger partial charge is 0.450 e. The van der Waals surface area contributed by atoms with E-state index in [4.69, 9.17) is 10.00 Å². The zero-order chi connectivity index (χ0) is 25.2. The van der Waals surface area contributed by atoms with E-state index in [0.717, 1.165) is 24.4 Å². The molecule has 4 rings (SSSR count). The van der Waals surface area contributed by atoms with Crippen LogP contribution in [-0.2, 0) is 12.7 Å². The average molecular weight is 488 g/mol. The maximum Gasteiger partial charge on any atom is 0.418 e. The number of nitrogens with zero attached hydrogens (tertiary/aromatic N) is 3. The smallest absolute Gasteiger partial charge is 0.418 e. The third-order valence-electron chi connectivity index (χ3n) is 4.70. The molecule has 178 valence electrons. The Balaban J connectivity index is 1.51. The Morgan fingerprint density at radius 3 is 2.51 bits per heavy atom. The molecule has 3 aromatic heterocycles. The number of carbonyl (C=O) groups is 1. The summed E-state index contributed by atoms with van der Waals surface area (Å²) in [6, 6.07) is 6.61. The lowest BCUT2D eigenvalue weighted by Crippen LogP contribution is -2.28. The van der Waals surface area contributed by atoms with Gasteiger partial charge in [-0.2, -0.15) is 18.4 Å². The van der Waals surface area contributed by atoms with Crippen LogP contribution in [0.1, 0.15) is 16.8 Å². The normalized spacial score (nSPS) is 11.2. The molecule has 2 amide bonds. The number of nitrogens with one attached hydrogen (secondary N) is 3. The van der Waals surface area contributed by atoms with Crippen molar-refractivity contribution in [1.29, 1.82) is 5.26 Å². The molecule has 0 bridgehead atoms. The molecule has 0 fully saturated rings. The number of hydrogen-bond donors (Lipinski definition) is 3. The molecule has 35 heavy (non-hydrogen) atoms. The topological polar surface area (TPSA) is 116 Å². The number of nitriles is 1. The number of fused-ring (bicyclic) bond motifs is 1. The minimum Gasteiger partial charge on any atom is -0.450 e. The van der Waals surface area contributed by atoms with Crippen LogP contribution in [0, 0.1) is 23.0 Å². The molecule has 3 heterocycles. The van der Waals surface area contributed by atoms with Gasteiger partial charge in [0.1, 0.15) is 23.2 Å². The molecule has 3 N–H and O–H groups in total. The summed E-state index contributed by atoms with van der Waals surface area (Å²) in [6.07, 6.45) is -1.58. The predicted molar refractivity (Wildman–Crippen MR) is 112 cm³/mol. The van der Waals surface area contributed by atoms with Gasteiger partial charge in [-0.15, -0.1) is 0 Å². The summed E-state index contributed by atoms with van der Waals surface area (Å²) in [5.41, 5.74) is -0.837. The number of benzene rings is 1. The quantitative estimate of drug-likeness (QED) is 0.332. The van der Waals surface area contributed by atoms with Gasteiger partial charge in [-0.25, -0.2) is 23.5 Å². The molecule has 0 aliphatic rings. The number of aromatic amines is 1. The number of halogens is 5. The molecule has 0 unspecified atom stereocenters. The first-order chi connectivity index (χ1) is 16.7. The molecule has 0 aliphatic carbocycles. The van der Waals surface area contributed by atoms with Crippen LogP contribution in [-0.4, -0.2) is 21.0 Å². The van der Waals surface area contributed by atoms with Gasteiger partial charge in [0.2, 0.25) is 0 Å². The number of urea groups is 1. The van der Waals surface area contributed by atoms with E-state index < -0.39 is 46.3 Å². The Morgan fingerprint density at radius 1 is 1.11 bits per heavy atom. The van der Waals surface area contributed by atoms with E-state index in [-0.39, 0.29) is 23.6 Å². The number of H-pyrrole nitrogens is 1. The number of alkyl halides is 3. The highest BCUT2D eigenvalue weighted by atomic mass is 19.4. The third kappa shape index (κ3) is 5.11. The van der Waals surface area contributed by atoms with Crippen LogP contribution in [0.2, 0.25) is 0 Å². The van der Waals surface area contributed by atoms with Crippen molar-refractivity contribution >= 4 is 22.8 Å². The number of ether oxygens (including phenoxy) is 1. The molecule has 13 heteroatoms. The van der Waals surface area contributed by atoms with Crippen LogP contribution in [0.25, 0.3) is 11.0 Å². The lowest BCUT2D eigenvalue weighted by Gasteiger charge is -2.13. The van der Waals surface area contributed by atoms with Crippen molar-refractivity contribution in [3.8, 4) is 17.6 Å². The third-order valence-corrected chi connectivity index (χ3v) is 4.70. The summed E-state index contributed by atoms with van der Waals surface area (Å²) < 4.78 is 74.3. The minimum atomic E-state index is -4.76. The number of pyridine rings is 2. The predicted octanol–water partition coefficient (Wildman–Crippen LogP) is 5.24. The maximum atomic E-state index is 14.6. The van der Waals surface area contributed by atoms with Crippen LogP contribution in [0.4, 0.5) is 32.4 Å². The fraction of sp³-hybridized carbons (Fsp3) is 0.0909. The van der Waals surface area contributed by atoms with E-state index in [1.807, 2.05) is 6.07 Å². The fourth-order valence-electron chi connectivity index (χ4n) is 3.18. The van der Waals surface area contributed by atoms with Crippen molar-refractivity contribution in [2.75, 3.05) is 5.32 Å². The molecule has 0 saturated carbocycles. The summed E-state index contributed by atoms with van der Waals surface area (Å²) in [7, 11) is 0. The molecule has 4 aromatic rings. The molecule has 0 radical (unpaired) electrons. The Bertz CT molecular complexity index is 1440.